The molecular formula is C11H24N2O. The van der Waals surface area contributed by atoms with Crippen molar-refractivity contribution in [3.8, 4) is 0 Å². The van der Waals surface area contributed by atoms with Crippen LogP contribution in [0.5, 0.6) is 0 Å². The highest BCUT2D eigenvalue weighted by Crippen LogP contribution is 2.14. The first kappa shape index (κ1) is 12.0. The minimum absolute atomic E-state index is 0.732. The third-order valence-corrected chi connectivity index (χ3v) is 2.90. The zero-order chi connectivity index (χ0) is 10.2. The van der Waals surface area contributed by atoms with Gasteiger partial charge < -0.3 is 15.4 Å². The summed E-state index contributed by atoms with van der Waals surface area (Å²) < 4.78 is 5.33. The lowest BCUT2D eigenvalue weighted by Gasteiger charge is -2.31. The molecule has 2 N–H and O–H groups in total. The number of piperidine rings is 1. The maximum Gasteiger partial charge on any atom is 0.0478 e. The van der Waals surface area contributed by atoms with E-state index in [0.29, 0.717) is 0 Å². The molecule has 1 fully saturated rings. The summed E-state index contributed by atoms with van der Waals surface area (Å²) in [5.41, 5.74) is 5.69. The van der Waals surface area contributed by atoms with Crippen LogP contribution in [0, 0.1) is 5.92 Å². The van der Waals surface area contributed by atoms with Crippen LogP contribution in [0.25, 0.3) is 0 Å². The van der Waals surface area contributed by atoms with Gasteiger partial charge in [0.2, 0.25) is 0 Å². The molecule has 1 unspecified atom stereocenters. The van der Waals surface area contributed by atoms with Gasteiger partial charge in [-0.15, -0.1) is 0 Å². The molecule has 1 aliphatic rings. The van der Waals surface area contributed by atoms with Gasteiger partial charge in [-0.3, -0.25) is 0 Å². The van der Waals surface area contributed by atoms with Crippen molar-refractivity contribution < 1.29 is 4.74 Å². The molecule has 0 aromatic carbocycles. The van der Waals surface area contributed by atoms with Crippen LogP contribution in [0.4, 0.5) is 0 Å². The Morgan fingerprint density at radius 3 is 3.07 bits per heavy atom. The number of likely N-dealkylation sites (tertiary alicyclic amines) is 1. The molecule has 1 aliphatic heterocycles. The van der Waals surface area contributed by atoms with Crippen molar-refractivity contribution >= 4 is 0 Å². The van der Waals surface area contributed by atoms with Crippen molar-refractivity contribution in [3.63, 3.8) is 0 Å². The fourth-order valence-corrected chi connectivity index (χ4v) is 2.08. The van der Waals surface area contributed by atoms with Crippen LogP contribution >= 0.6 is 0 Å². The molecule has 3 heteroatoms. The van der Waals surface area contributed by atoms with Crippen molar-refractivity contribution in [2.75, 3.05) is 39.4 Å². The van der Waals surface area contributed by atoms with Crippen LogP contribution in [0.15, 0.2) is 0 Å². The normalized spacial score (nSPS) is 24.0. The van der Waals surface area contributed by atoms with Gasteiger partial charge >= 0.3 is 0 Å². The van der Waals surface area contributed by atoms with Crippen LogP contribution in [0.2, 0.25) is 0 Å². The first-order valence-corrected chi connectivity index (χ1v) is 5.87. The number of nitrogens with zero attached hydrogens (tertiary/aromatic N) is 1. The lowest BCUT2D eigenvalue weighted by Crippen LogP contribution is -2.39. The van der Waals surface area contributed by atoms with E-state index in [1.807, 2.05) is 6.92 Å². The van der Waals surface area contributed by atoms with E-state index in [0.717, 1.165) is 32.1 Å². The quantitative estimate of drug-likeness (QED) is 0.652. The molecule has 1 saturated heterocycles. The summed E-state index contributed by atoms with van der Waals surface area (Å²) in [6.07, 6.45) is 3.79. The topological polar surface area (TPSA) is 38.5 Å². The minimum atomic E-state index is 0.732. The summed E-state index contributed by atoms with van der Waals surface area (Å²) in [5, 5.41) is 0. The summed E-state index contributed by atoms with van der Waals surface area (Å²) in [7, 11) is 0. The molecule has 84 valence electrons. The van der Waals surface area contributed by atoms with Crippen LogP contribution in [0.3, 0.4) is 0 Å². The molecular weight excluding hydrogens is 176 g/mol. The van der Waals surface area contributed by atoms with Crippen molar-refractivity contribution in [1.82, 2.24) is 4.90 Å². The molecule has 3 nitrogen and oxygen atoms in total. The Kier molecular flexibility index (Phi) is 6.15. The summed E-state index contributed by atoms with van der Waals surface area (Å²) in [6, 6.07) is 0. The first-order valence-electron chi connectivity index (χ1n) is 5.87. The summed E-state index contributed by atoms with van der Waals surface area (Å²) >= 11 is 0. The zero-order valence-electron chi connectivity index (χ0n) is 9.37. The Morgan fingerprint density at radius 1 is 1.50 bits per heavy atom. The van der Waals surface area contributed by atoms with Crippen LogP contribution in [-0.2, 0) is 4.74 Å². The molecule has 0 aliphatic carbocycles. The second-order valence-corrected chi connectivity index (χ2v) is 4.10. The molecule has 0 amide bonds. The Hall–Kier alpha value is -0.120. The average molecular weight is 200 g/mol. The van der Waals surface area contributed by atoms with Crippen LogP contribution < -0.4 is 5.73 Å². The Bertz CT molecular complexity index is 141. The predicted octanol–water partition coefficient (Wildman–Crippen LogP) is 1.08. The fraction of sp³-hybridized carbons (Fsp3) is 1.00. The number of rotatable bonds is 6. The largest absolute Gasteiger partial charge is 0.382 e. The first-order chi connectivity index (χ1) is 6.86. The summed E-state index contributed by atoms with van der Waals surface area (Å²) in [6.45, 7) is 8.26. The smallest absolute Gasteiger partial charge is 0.0478 e. The molecule has 0 spiro atoms. The Labute approximate surface area is 87.6 Å². The maximum atomic E-state index is 5.69. The lowest BCUT2D eigenvalue weighted by molar-refractivity contribution is 0.118. The molecule has 1 atom stereocenters. The second kappa shape index (κ2) is 7.21. The molecule has 0 radical (unpaired) electrons. The molecule has 14 heavy (non-hydrogen) atoms. The van der Waals surface area contributed by atoms with E-state index in [1.54, 1.807) is 0 Å². The van der Waals surface area contributed by atoms with Gasteiger partial charge in [0, 0.05) is 26.3 Å². The highest BCUT2D eigenvalue weighted by atomic mass is 16.5. The van der Waals surface area contributed by atoms with E-state index in [9.17, 15) is 0 Å². The van der Waals surface area contributed by atoms with Gasteiger partial charge in [-0.2, -0.15) is 0 Å². The van der Waals surface area contributed by atoms with E-state index in [2.05, 4.69) is 4.90 Å². The SMILES string of the molecule is CCOCCCN1CCCC(CN)C1. The van der Waals surface area contributed by atoms with E-state index in [-0.39, 0.29) is 0 Å². The number of hydrogen-bond donors (Lipinski definition) is 1. The Balaban J connectivity index is 2.05. The molecule has 0 saturated carbocycles. The number of ether oxygens (including phenoxy) is 1. The second-order valence-electron chi connectivity index (χ2n) is 4.10. The standard InChI is InChI=1S/C11H24N2O/c1-2-14-8-4-7-13-6-3-5-11(9-12)10-13/h11H,2-10,12H2,1H3. The zero-order valence-corrected chi connectivity index (χ0v) is 9.37. The molecule has 1 rings (SSSR count). The van der Waals surface area contributed by atoms with Crippen molar-refractivity contribution in [2.24, 2.45) is 11.7 Å². The molecule has 1 heterocycles. The van der Waals surface area contributed by atoms with Gasteiger partial charge in [-0.25, -0.2) is 0 Å². The van der Waals surface area contributed by atoms with Gasteiger partial charge in [-0.1, -0.05) is 0 Å². The monoisotopic (exact) mass is 200 g/mol. The third-order valence-electron chi connectivity index (χ3n) is 2.90. The van der Waals surface area contributed by atoms with E-state index in [1.165, 1.54) is 32.5 Å². The minimum Gasteiger partial charge on any atom is -0.382 e. The average Bonchev–Trinajstić information content (AvgIpc) is 2.25. The van der Waals surface area contributed by atoms with Crippen molar-refractivity contribution in [1.29, 1.82) is 0 Å². The Morgan fingerprint density at radius 2 is 2.36 bits per heavy atom. The summed E-state index contributed by atoms with van der Waals surface area (Å²) in [4.78, 5) is 2.53. The highest BCUT2D eigenvalue weighted by Gasteiger charge is 2.17. The molecule has 0 aromatic heterocycles. The molecule has 0 aromatic rings. The predicted molar refractivity (Wildman–Crippen MR) is 59.3 cm³/mol. The fourth-order valence-electron chi connectivity index (χ4n) is 2.08. The van der Waals surface area contributed by atoms with Gasteiger partial charge in [0.1, 0.15) is 0 Å². The van der Waals surface area contributed by atoms with E-state index in [4.69, 9.17) is 10.5 Å². The number of hydrogen-bond acceptors (Lipinski definition) is 3. The number of nitrogens with two attached hydrogens (primary N) is 1. The van der Waals surface area contributed by atoms with Gasteiger partial charge in [0.15, 0.2) is 0 Å². The van der Waals surface area contributed by atoms with Crippen molar-refractivity contribution in [3.05, 3.63) is 0 Å². The van der Waals surface area contributed by atoms with Crippen LogP contribution in [0.1, 0.15) is 26.2 Å². The van der Waals surface area contributed by atoms with Gasteiger partial charge in [0.05, 0.1) is 0 Å². The summed E-state index contributed by atoms with van der Waals surface area (Å²) in [5.74, 6) is 0.732. The van der Waals surface area contributed by atoms with Crippen molar-refractivity contribution in [2.45, 2.75) is 26.2 Å². The van der Waals surface area contributed by atoms with Crippen LogP contribution in [-0.4, -0.2) is 44.3 Å². The van der Waals surface area contributed by atoms with E-state index >= 15 is 0 Å². The van der Waals surface area contributed by atoms with Gasteiger partial charge in [-0.05, 0) is 45.2 Å². The highest BCUT2D eigenvalue weighted by molar-refractivity contribution is 4.73. The maximum absolute atomic E-state index is 5.69. The lowest BCUT2D eigenvalue weighted by atomic mass is 9.98. The van der Waals surface area contributed by atoms with Gasteiger partial charge in [0.25, 0.3) is 0 Å². The van der Waals surface area contributed by atoms with E-state index < -0.39 is 0 Å². The third kappa shape index (κ3) is 4.40. The molecule has 0 bridgehead atoms.